The van der Waals surface area contributed by atoms with Crippen LogP contribution in [-0.2, 0) is 14.4 Å². The highest BCUT2D eigenvalue weighted by atomic mass is 16.4. The molecular weight excluding hydrogens is 292 g/mol. The zero-order valence-electron chi connectivity index (χ0n) is 12.9. The minimum atomic E-state index is -1.09. The summed E-state index contributed by atoms with van der Waals surface area (Å²) in [5.74, 6) is -2.03. The molecule has 9 nitrogen and oxygen atoms in total. The molecule has 8 N–H and O–H groups in total. The van der Waals surface area contributed by atoms with Crippen molar-refractivity contribution in [2.75, 3.05) is 6.54 Å². The predicted octanol–water partition coefficient (Wildman–Crippen LogP) is -2.10. The lowest BCUT2D eigenvalue weighted by atomic mass is 10.1. The number of amides is 2. The van der Waals surface area contributed by atoms with Crippen LogP contribution in [0.2, 0.25) is 0 Å². The summed E-state index contributed by atoms with van der Waals surface area (Å²) in [6.45, 7) is 3.24. The van der Waals surface area contributed by atoms with E-state index in [9.17, 15) is 19.5 Å². The molecular formula is C13H26N4O5. The zero-order valence-corrected chi connectivity index (χ0v) is 12.9. The predicted molar refractivity (Wildman–Crippen MR) is 79.7 cm³/mol. The second kappa shape index (κ2) is 10.1. The molecule has 0 heterocycles. The van der Waals surface area contributed by atoms with E-state index in [1.807, 2.05) is 0 Å². The number of nitrogens with one attached hydrogen (secondary N) is 2. The van der Waals surface area contributed by atoms with E-state index < -0.39 is 36.1 Å². The molecule has 0 aromatic carbocycles. The van der Waals surface area contributed by atoms with Crippen molar-refractivity contribution < 1.29 is 24.6 Å². The summed E-state index contributed by atoms with van der Waals surface area (Å²) in [4.78, 5) is 33.8. The summed E-state index contributed by atoms with van der Waals surface area (Å²) in [5.41, 5.74) is 10.8. The fraction of sp³-hybridized carbons (Fsp3) is 0.769. The van der Waals surface area contributed by atoms with E-state index in [0.717, 1.165) is 0 Å². The second-order valence-electron chi connectivity index (χ2n) is 5.23. The first-order valence-corrected chi connectivity index (χ1v) is 7.17. The Kier molecular flexibility index (Phi) is 9.31. The van der Waals surface area contributed by atoms with Gasteiger partial charge in [-0.2, -0.15) is 0 Å². The number of nitrogens with two attached hydrogens (primary N) is 2. The summed E-state index contributed by atoms with van der Waals surface area (Å²) in [6, 6.07) is -2.76. The maximum absolute atomic E-state index is 11.7. The third-order valence-corrected chi connectivity index (χ3v) is 3.13. The van der Waals surface area contributed by atoms with E-state index in [1.54, 1.807) is 0 Å². The van der Waals surface area contributed by atoms with Crippen LogP contribution >= 0.6 is 0 Å². The minimum absolute atomic E-state index is 0.334. The Balaban J connectivity index is 3.92. The summed E-state index contributed by atoms with van der Waals surface area (Å²) < 4.78 is 0. The number of carbonyl (C=O) groups is 3. The van der Waals surface area contributed by atoms with E-state index in [4.69, 9.17) is 16.6 Å². The van der Waals surface area contributed by atoms with E-state index in [2.05, 4.69) is 10.6 Å². The lowest BCUT2D eigenvalue weighted by Crippen LogP contribution is -2.53. The molecule has 0 fully saturated rings. The summed E-state index contributed by atoms with van der Waals surface area (Å²) in [5, 5.41) is 22.8. The van der Waals surface area contributed by atoms with Crippen molar-refractivity contribution in [2.24, 2.45) is 11.5 Å². The SMILES string of the molecule is C[C@H](NC(=O)[C@@H](N)[C@@H](C)O)C(=O)NCCCC[C@H](N)C(=O)O. The first-order valence-electron chi connectivity index (χ1n) is 7.17. The number of hydrogen-bond donors (Lipinski definition) is 6. The molecule has 9 heteroatoms. The van der Waals surface area contributed by atoms with Crippen LogP contribution < -0.4 is 22.1 Å². The smallest absolute Gasteiger partial charge is 0.320 e. The van der Waals surface area contributed by atoms with Crippen molar-refractivity contribution in [2.45, 2.75) is 57.3 Å². The van der Waals surface area contributed by atoms with Gasteiger partial charge in [-0.25, -0.2) is 0 Å². The largest absolute Gasteiger partial charge is 0.480 e. The summed E-state index contributed by atoms with van der Waals surface area (Å²) in [7, 11) is 0. The molecule has 0 rings (SSSR count). The van der Waals surface area contributed by atoms with Gasteiger partial charge in [-0.15, -0.1) is 0 Å². The number of carboxylic acid groups (broad SMARTS) is 1. The maximum atomic E-state index is 11.7. The average Bonchev–Trinajstić information content (AvgIpc) is 2.44. The molecule has 0 aromatic heterocycles. The van der Waals surface area contributed by atoms with Gasteiger partial charge in [0.15, 0.2) is 0 Å². The number of aliphatic hydroxyl groups excluding tert-OH is 1. The first-order chi connectivity index (χ1) is 10.2. The number of aliphatic hydroxyl groups is 1. The zero-order chi connectivity index (χ0) is 17.3. The minimum Gasteiger partial charge on any atom is -0.480 e. The van der Waals surface area contributed by atoms with Gasteiger partial charge in [0, 0.05) is 6.54 Å². The Morgan fingerprint density at radius 2 is 1.68 bits per heavy atom. The van der Waals surface area contributed by atoms with Crippen LogP contribution in [0, 0.1) is 0 Å². The molecule has 0 unspecified atom stereocenters. The number of hydrogen-bond acceptors (Lipinski definition) is 6. The van der Waals surface area contributed by atoms with Crippen LogP contribution in [0.1, 0.15) is 33.1 Å². The van der Waals surface area contributed by atoms with Crippen molar-refractivity contribution >= 4 is 17.8 Å². The third kappa shape index (κ3) is 7.91. The van der Waals surface area contributed by atoms with Crippen molar-refractivity contribution in [1.82, 2.24) is 10.6 Å². The highest BCUT2D eigenvalue weighted by molar-refractivity contribution is 5.89. The molecule has 0 aliphatic carbocycles. The van der Waals surface area contributed by atoms with Crippen molar-refractivity contribution in [3.05, 3.63) is 0 Å². The van der Waals surface area contributed by atoms with E-state index in [0.29, 0.717) is 25.8 Å². The van der Waals surface area contributed by atoms with Gasteiger partial charge in [0.2, 0.25) is 11.8 Å². The fourth-order valence-corrected chi connectivity index (χ4v) is 1.57. The molecule has 0 spiro atoms. The van der Waals surface area contributed by atoms with Gasteiger partial charge in [0.25, 0.3) is 0 Å². The number of aliphatic carboxylic acids is 1. The normalized spacial score (nSPS) is 16.2. The topological polar surface area (TPSA) is 168 Å². The number of rotatable bonds is 10. The van der Waals surface area contributed by atoms with Gasteiger partial charge in [0.1, 0.15) is 18.1 Å². The van der Waals surface area contributed by atoms with Crippen molar-refractivity contribution in [3.8, 4) is 0 Å². The molecule has 0 aromatic rings. The molecule has 128 valence electrons. The molecule has 2 amide bonds. The van der Waals surface area contributed by atoms with E-state index in [1.165, 1.54) is 13.8 Å². The highest BCUT2D eigenvalue weighted by Gasteiger charge is 2.22. The molecule has 0 bridgehead atoms. The molecule has 22 heavy (non-hydrogen) atoms. The Morgan fingerprint density at radius 1 is 1.09 bits per heavy atom. The highest BCUT2D eigenvalue weighted by Crippen LogP contribution is 1.98. The van der Waals surface area contributed by atoms with Crippen molar-refractivity contribution in [3.63, 3.8) is 0 Å². The van der Waals surface area contributed by atoms with Gasteiger partial charge >= 0.3 is 5.97 Å². The Hall–Kier alpha value is -1.71. The average molecular weight is 318 g/mol. The first kappa shape index (κ1) is 20.3. The lowest BCUT2D eigenvalue weighted by Gasteiger charge is -2.18. The number of carboxylic acids is 1. The van der Waals surface area contributed by atoms with Gasteiger partial charge in [-0.3, -0.25) is 14.4 Å². The lowest BCUT2D eigenvalue weighted by molar-refractivity contribution is -0.138. The molecule has 0 aliphatic heterocycles. The van der Waals surface area contributed by atoms with Gasteiger partial charge in [-0.05, 0) is 33.1 Å². The monoisotopic (exact) mass is 318 g/mol. The third-order valence-electron chi connectivity index (χ3n) is 3.13. The van der Waals surface area contributed by atoms with E-state index in [-0.39, 0.29) is 5.91 Å². The molecule has 4 atom stereocenters. The Bertz CT molecular complexity index is 389. The number of unbranched alkanes of at least 4 members (excludes halogenated alkanes) is 1. The van der Waals surface area contributed by atoms with Crippen LogP contribution in [0.5, 0.6) is 0 Å². The van der Waals surface area contributed by atoms with Gasteiger partial charge in [0.05, 0.1) is 6.10 Å². The Labute approximate surface area is 129 Å². The maximum Gasteiger partial charge on any atom is 0.320 e. The summed E-state index contributed by atoms with van der Waals surface area (Å²) >= 11 is 0. The van der Waals surface area contributed by atoms with Gasteiger partial charge in [-0.1, -0.05) is 0 Å². The van der Waals surface area contributed by atoms with Crippen LogP contribution in [0.25, 0.3) is 0 Å². The quantitative estimate of drug-likeness (QED) is 0.251. The van der Waals surface area contributed by atoms with Crippen LogP contribution in [-0.4, -0.2) is 58.8 Å². The second-order valence-corrected chi connectivity index (χ2v) is 5.23. The standard InChI is InChI=1S/C13H26N4O5/c1-7(17-12(20)10(15)8(2)18)11(19)16-6-4-3-5-9(14)13(21)22/h7-10,18H,3-6,14-15H2,1-2H3,(H,16,19)(H,17,20)(H,21,22)/t7-,8+,9-,10-/m0/s1. The summed E-state index contributed by atoms with van der Waals surface area (Å²) in [6.07, 6.45) is 0.483. The fourth-order valence-electron chi connectivity index (χ4n) is 1.57. The number of carbonyl (C=O) groups excluding carboxylic acids is 2. The molecule has 0 saturated carbocycles. The van der Waals surface area contributed by atoms with Crippen LogP contribution in [0.4, 0.5) is 0 Å². The van der Waals surface area contributed by atoms with Crippen LogP contribution in [0.15, 0.2) is 0 Å². The molecule has 0 radical (unpaired) electrons. The van der Waals surface area contributed by atoms with Crippen LogP contribution in [0.3, 0.4) is 0 Å². The van der Waals surface area contributed by atoms with Gasteiger partial charge < -0.3 is 32.3 Å². The molecule has 0 aliphatic rings. The van der Waals surface area contributed by atoms with E-state index >= 15 is 0 Å². The van der Waals surface area contributed by atoms with Crippen molar-refractivity contribution in [1.29, 1.82) is 0 Å². The Morgan fingerprint density at radius 3 is 2.18 bits per heavy atom. The molecule has 0 saturated heterocycles.